The Kier molecular flexibility index (Phi) is 5.14. The number of aromatic nitrogens is 1. The first-order valence-electron chi connectivity index (χ1n) is 5.36. The van der Waals surface area contributed by atoms with E-state index in [0.29, 0.717) is 0 Å². The second-order valence-electron chi connectivity index (χ2n) is 4.21. The lowest BCUT2D eigenvalue weighted by atomic mass is 10.1. The first-order chi connectivity index (χ1) is 8.62. The Labute approximate surface area is 123 Å². The van der Waals surface area contributed by atoms with Gasteiger partial charge in [0.25, 0.3) is 0 Å². The summed E-state index contributed by atoms with van der Waals surface area (Å²) in [5.74, 6) is -0.342. The molecule has 0 saturated carbocycles. The molecule has 0 aromatic carbocycles. The van der Waals surface area contributed by atoms with Crippen molar-refractivity contribution in [3.05, 3.63) is 22.3 Å². The summed E-state index contributed by atoms with van der Waals surface area (Å²) in [5, 5.41) is 0. The van der Waals surface area contributed by atoms with Gasteiger partial charge in [-0.15, -0.1) is 0 Å². The van der Waals surface area contributed by atoms with Gasteiger partial charge in [-0.25, -0.2) is 4.98 Å². The van der Waals surface area contributed by atoms with Crippen LogP contribution in [-0.2, 0) is 6.18 Å². The van der Waals surface area contributed by atoms with Crippen molar-refractivity contribution in [2.75, 3.05) is 18.5 Å². The van der Waals surface area contributed by atoms with Crippen LogP contribution >= 0.6 is 28.1 Å². The Balaban J connectivity index is 3.09. The first-order valence-corrected chi connectivity index (χ1v) is 6.56. The van der Waals surface area contributed by atoms with Crippen molar-refractivity contribution in [1.82, 2.24) is 4.98 Å². The van der Waals surface area contributed by atoms with Gasteiger partial charge in [0, 0.05) is 30.2 Å². The summed E-state index contributed by atoms with van der Waals surface area (Å²) in [4.78, 5) is 5.50. The molecule has 1 atom stereocenters. The standard InChI is InChI=1S/C11H13BrF3N3S/c1-6(9(16)19)5-18(2)10-8(11(13,14)15)3-7(12)4-17-10/h3-4,6H,5H2,1-2H3,(H2,16,19). The lowest BCUT2D eigenvalue weighted by Gasteiger charge is -2.24. The van der Waals surface area contributed by atoms with Gasteiger partial charge in [-0.1, -0.05) is 19.1 Å². The van der Waals surface area contributed by atoms with E-state index in [2.05, 4.69) is 20.9 Å². The fourth-order valence-electron chi connectivity index (χ4n) is 1.53. The van der Waals surface area contributed by atoms with E-state index in [-0.39, 0.29) is 27.7 Å². The van der Waals surface area contributed by atoms with E-state index in [0.717, 1.165) is 6.07 Å². The number of thiocarbonyl (C=S) groups is 1. The number of alkyl halides is 3. The minimum Gasteiger partial charge on any atom is -0.393 e. The summed E-state index contributed by atoms with van der Waals surface area (Å²) in [6, 6.07) is 1.00. The summed E-state index contributed by atoms with van der Waals surface area (Å²) >= 11 is 7.80. The van der Waals surface area contributed by atoms with Crippen molar-refractivity contribution in [2.45, 2.75) is 13.1 Å². The third kappa shape index (κ3) is 4.31. The predicted octanol–water partition coefficient (Wildman–Crippen LogP) is 3.22. The largest absolute Gasteiger partial charge is 0.419 e. The molecule has 0 aliphatic heterocycles. The van der Waals surface area contributed by atoms with Crippen LogP contribution in [0.5, 0.6) is 0 Å². The second-order valence-corrected chi connectivity index (χ2v) is 5.59. The lowest BCUT2D eigenvalue weighted by Crippen LogP contribution is -2.33. The van der Waals surface area contributed by atoms with Gasteiger partial charge in [-0.2, -0.15) is 13.2 Å². The number of anilines is 1. The van der Waals surface area contributed by atoms with Crippen LogP contribution in [0, 0.1) is 5.92 Å². The van der Waals surface area contributed by atoms with Gasteiger partial charge in [0.2, 0.25) is 0 Å². The molecule has 0 bridgehead atoms. The average molecular weight is 356 g/mol. The zero-order chi connectivity index (χ0) is 14.8. The Morgan fingerprint density at radius 3 is 2.63 bits per heavy atom. The Bertz CT molecular complexity index is 479. The predicted molar refractivity (Wildman–Crippen MR) is 76.2 cm³/mol. The number of hydrogen-bond acceptors (Lipinski definition) is 3. The number of rotatable bonds is 4. The molecule has 0 aliphatic carbocycles. The number of halogens is 4. The molecule has 106 valence electrons. The van der Waals surface area contributed by atoms with E-state index < -0.39 is 11.7 Å². The second kappa shape index (κ2) is 6.04. The molecule has 0 amide bonds. The van der Waals surface area contributed by atoms with Crippen LogP contribution in [0.4, 0.5) is 19.0 Å². The van der Waals surface area contributed by atoms with Crippen LogP contribution in [-0.4, -0.2) is 23.6 Å². The number of nitrogens with two attached hydrogens (primary N) is 1. The van der Waals surface area contributed by atoms with Gasteiger partial charge >= 0.3 is 6.18 Å². The van der Waals surface area contributed by atoms with Gasteiger partial charge in [0.15, 0.2) is 0 Å². The van der Waals surface area contributed by atoms with Gasteiger partial charge < -0.3 is 10.6 Å². The Morgan fingerprint density at radius 2 is 2.16 bits per heavy atom. The average Bonchev–Trinajstić information content (AvgIpc) is 2.27. The summed E-state index contributed by atoms with van der Waals surface area (Å²) in [6.45, 7) is 2.03. The molecular weight excluding hydrogens is 343 g/mol. The maximum Gasteiger partial charge on any atom is 0.419 e. The number of pyridine rings is 1. The molecule has 1 rings (SSSR count). The van der Waals surface area contributed by atoms with Crippen molar-refractivity contribution in [3.63, 3.8) is 0 Å². The molecule has 0 radical (unpaired) electrons. The van der Waals surface area contributed by atoms with E-state index in [9.17, 15) is 13.2 Å². The van der Waals surface area contributed by atoms with Crippen LogP contribution < -0.4 is 10.6 Å². The van der Waals surface area contributed by atoms with Crippen LogP contribution in [0.15, 0.2) is 16.7 Å². The Morgan fingerprint density at radius 1 is 1.58 bits per heavy atom. The molecule has 3 nitrogen and oxygen atoms in total. The molecule has 0 spiro atoms. The molecular formula is C11H13BrF3N3S. The number of hydrogen-bond donors (Lipinski definition) is 1. The van der Waals surface area contributed by atoms with Crippen molar-refractivity contribution >= 4 is 39.0 Å². The molecule has 2 N–H and O–H groups in total. The highest BCUT2D eigenvalue weighted by atomic mass is 79.9. The van der Waals surface area contributed by atoms with E-state index in [1.165, 1.54) is 18.1 Å². The van der Waals surface area contributed by atoms with Crippen molar-refractivity contribution < 1.29 is 13.2 Å². The summed E-state index contributed by atoms with van der Waals surface area (Å²) in [7, 11) is 1.53. The molecule has 0 saturated heterocycles. The molecule has 1 unspecified atom stereocenters. The van der Waals surface area contributed by atoms with Crippen LogP contribution in [0.1, 0.15) is 12.5 Å². The van der Waals surface area contributed by atoms with Crippen molar-refractivity contribution in [3.8, 4) is 0 Å². The minimum absolute atomic E-state index is 0.140. The lowest BCUT2D eigenvalue weighted by molar-refractivity contribution is -0.137. The topological polar surface area (TPSA) is 42.2 Å². The SMILES string of the molecule is CC(CN(C)c1ncc(Br)cc1C(F)(F)F)C(N)=S. The molecule has 1 aromatic rings. The fourth-order valence-corrected chi connectivity index (χ4v) is 1.94. The normalized spacial score (nSPS) is 13.2. The van der Waals surface area contributed by atoms with Crippen molar-refractivity contribution in [2.24, 2.45) is 11.7 Å². The smallest absolute Gasteiger partial charge is 0.393 e. The zero-order valence-corrected chi connectivity index (χ0v) is 12.7. The van der Waals surface area contributed by atoms with Crippen LogP contribution in [0.25, 0.3) is 0 Å². The van der Waals surface area contributed by atoms with E-state index >= 15 is 0 Å². The Hall–Kier alpha value is -0.890. The van der Waals surface area contributed by atoms with Gasteiger partial charge in [-0.05, 0) is 22.0 Å². The summed E-state index contributed by atoms with van der Waals surface area (Å²) < 4.78 is 39.1. The molecule has 0 aliphatic rings. The molecule has 0 fully saturated rings. The van der Waals surface area contributed by atoms with E-state index in [1.54, 1.807) is 6.92 Å². The quantitative estimate of drug-likeness (QED) is 0.842. The van der Waals surface area contributed by atoms with Gasteiger partial charge in [-0.3, -0.25) is 0 Å². The van der Waals surface area contributed by atoms with Crippen molar-refractivity contribution in [1.29, 1.82) is 0 Å². The van der Waals surface area contributed by atoms with Crippen LogP contribution in [0.3, 0.4) is 0 Å². The minimum atomic E-state index is -4.47. The van der Waals surface area contributed by atoms with E-state index in [1.807, 2.05) is 0 Å². The number of nitrogens with zero attached hydrogens (tertiary/aromatic N) is 2. The zero-order valence-electron chi connectivity index (χ0n) is 10.3. The maximum absolute atomic E-state index is 12.9. The summed E-state index contributed by atoms with van der Waals surface area (Å²) in [5.41, 5.74) is 4.67. The highest BCUT2D eigenvalue weighted by molar-refractivity contribution is 9.10. The summed E-state index contributed by atoms with van der Waals surface area (Å²) in [6.07, 6.45) is -3.14. The molecule has 19 heavy (non-hydrogen) atoms. The highest BCUT2D eigenvalue weighted by Gasteiger charge is 2.35. The van der Waals surface area contributed by atoms with Gasteiger partial charge in [0.1, 0.15) is 5.82 Å². The molecule has 1 aromatic heterocycles. The third-order valence-corrected chi connectivity index (χ3v) is 3.37. The van der Waals surface area contributed by atoms with E-state index in [4.69, 9.17) is 18.0 Å². The fraction of sp³-hybridized carbons (Fsp3) is 0.455. The molecule has 1 heterocycles. The molecule has 8 heteroatoms. The third-order valence-electron chi connectivity index (χ3n) is 2.53. The van der Waals surface area contributed by atoms with Gasteiger partial charge in [0.05, 0.1) is 10.6 Å². The first kappa shape index (κ1) is 16.2. The monoisotopic (exact) mass is 355 g/mol. The highest BCUT2D eigenvalue weighted by Crippen LogP contribution is 2.36. The maximum atomic E-state index is 12.9. The van der Waals surface area contributed by atoms with Crippen LogP contribution in [0.2, 0.25) is 0 Å².